The van der Waals surface area contributed by atoms with E-state index < -0.39 is 12.6 Å². The molecule has 0 aliphatic rings. The zero-order chi connectivity index (χ0) is 10.3. The number of rotatable bonds is 5. The number of aliphatic hydroxyl groups excluding tert-OH is 1. The average molecular weight is 186 g/mol. The molecule has 0 aliphatic carbocycles. The molecule has 0 spiro atoms. The van der Waals surface area contributed by atoms with Crippen LogP contribution in [0.5, 0.6) is 0 Å². The van der Waals surface area contributed by atoms with E-state index in [1.54, 1.807) is 20.8 Å². The Labute approximate surface area is 80.0 Å². The van der Waals surface area contributed by atoms with Crippen LogP contribution in [0.1, 0.15) is 34.1 Å². The summed E-state index contributed by atoms with van der Waals surface area (Å²) in [7, 11) is 0. The van der Waals surface area contributed by atoms with Crippen molar-refractivity contribution >= 4 is 0 Å². The lowest BCUT2D eigenvalue weighted by molar-refractivity contribution is -0.226. The lowest BCUT2D eigenvalue weighted by atomic mass is 10.3. The molecule has 0 aromatic rings. The van der Waals surface area contributed by atoms with Crippen LogP contribution in [0.25, 0.3) is 0 Å². The molecule has 1 N–H and O–H groups in total. The highest BCUT2D eigenvalue weighted by atomic mass is 16.7. The molecule has 3 heteroatoms. The molecule has 0 aromatic carbocycles. The molecule has 0 saturated carbocycles. The fourth-order valence-corrected chi connectivity index (χ4v) is 0.930. The van der Waals surface area contributed by atoms with Gasteiger partial charge in [-0.1, -0.05) is 0 Å². The molecule has 0 bridgehead atoms. The van der Waals surface area contributed by atoms with Crippen LogP contribution in [-0.4, -0.2) is 23.8 Å². The smallest absolute Gasteiger partial charge is 0.158 e. The molecule has 0 rings (SSSR count). The molecule has 0 radical (unpaired) electrons. The van der Waals surface area contributed by atoms with Crippen LogP contribution in [0.2, 0.25) is 0 Å². The predicted molar refractivity (Wildman–Crippen MR) is 50.8 cm³/mol. The van der Waals surface area contributed by atoms with Crippen LogP contribution in [0.15, 0.2) is 0 Å². The number of aliphatic hydroxyl groups is 1. The van der Waals surface area contributed by atoms with Gasteiger partial charge in [0, 0.05) is 6.42 Å². The first kappa shape index (κ1) is 12.4. The Balaban J connectivity index is 3.62. The molecular formula is C10H18O3. The first-order valence-electron chi connectivity index (χ1n) is 4.44. The van der Waals surface area contributed by atoms with Gasteiger partial charge in [-0.05, 0) is 27.7 Å². The van der Waals surface area contributed by atoms with Gasteiger partial charge in [-0.3, -0.25) is 0 Å². The first-order valence-corrected chi connectivity index (χ1v) is 4.44. The van der Waals surface area contributed by atoms with Crippen molar-refractivity contribution < 1.29 is 14.6 Å². The second kappa shape index (κ2) is 6.90. The lowest BCUT2D eigenvalue weighted by Gasteiger charge is -2.19. The van der Waals surface area contributed by atoms with E-state index in [2.05, 4.69) is 11.8 Å². The molecular weight excluding hydrogens is 168 g/mol. The first-order chi connectivity index (χ1) is 6.06. The summed E-state index contributed by atoms with van der Waals surface area (Å²) < 4.78 is 10.4. The van der Waals surface area contributed by atoms with Crippen LogP contribution < -0.4 is 0 Å². The van der Waals surface area contributed by atoms with Gasteiger partial charge in [-0.15, -0.1) is 11.8 Å². The molecule has 3 nitrogen and oxygen atoms in total. The van der Waals surface area contributed by atoms with Crippen molar-refractivity contribution in [1.29, 1.82) is 0 Å². The van der Waals surface area contributed by atoms with E-state index in [1.807, 2.05) is 6.92 Å². The summed E-state index contributed by atoms with van der Waals surface area (Å²) in [5.74, 6) is 5.71. The van der Waals surface area contributed by atoms with Crippen molar-refractivity contribution in [2.24, 2.45) is 0 Å². The number of ether oxygens (including phenoxy) is 2. The monoisotopic (exact) mass is 186 g/mol. The Kier molecular flexibility index (Phi) is 6.61. The number of hydrogen-bond acceptors (Lipinski definition) is 3. The molecule has 0 aliphatic heterocycles. The van der Waals surface area contributed by atoms with Crippen LogP contribution in [0.4, 0.5) is 0 Å². The van der Waals surface area contributed by atoms with Gasteiger partial charge in [0.25, 0.3) is 0 Å². The molecule has 3 unspecified atom stereocenters. The second-order valence-electron chi connectivity index (χ2n) is 2.88. The van der Waals surface area contributed by atoms with Crippen LogP contribution >= 0.6 is 0 Å². The SMILES string of the molecule is CC#CCC(C)OC(C)OC(C)O. The quantitative estimate of drug-likeness (QED) is 0.522. The maximum atomic E-state index is 8.88. The van der Waals surface area contributed by atoms with Gasteiger partial charge in [0.05, 0.1) is 6.10 Å². The summed E-state index contributed by atoms with van der Waals surface area (Å²) in [6.45, 7) is 7.02. The van der Waals surface area contributed by atoms with Gasteiger partial charge in [0.1, 0.15) is 0 Å². The summed E-state index contributed by atoms with van der Waals surface area (Å²) in [5.41, 5.74) is 0. The zero-order valence-electron chi connectivity index (χ0n) is 8.70. The van der Waals surface area contributed by atoms with Gasteiger partial charge in [-0.25, -0.2) is 0 Å². The fraction of sp³-hybridized carbons (Fsp3) is 0.800. The third kappa shape index (κ3) is 7.79. The van der Waals surface area contributed by atoms with E-state index in [0.717, 1.165) is 0 Å². The maximum Gasteiger partial charge on any atom is 0.158 e. The maximum absolute atomic E-state index is 8.88. The molecule has 13 heavy (non-hydrogen) atoms. The molecule has 0 fully saturated rings. The van der Waals surface area contributed by atoms with E-state index in [9.17, 15) is 0 Å². The van der Waals surface area contributed by atoms with Gasteiger partial charge >= 0.3 is 0 Å². The third-order valence-corrected chi connectivity index (χ3v) is 1.38. The summed E-state index contributed by atoms with van der Waals surface area (Å²) in [6.07, 6.45) is -0.474. The standard InChI is InChI=1S/C10H18O3/c1-5-6-7-8(2)12-10(4)13-9(3)11/h8-11H,7H2,1-4H3. The summed E-state index contributed by atoms with van der Waals surface area (Å²) in [6, 6.07) is 0. The number of hydrogen-bond donors (Lipinski definition) is 1. The molecule has 76 valence electrons. The van der Waals surface area contributed by atoms with Crippen molar-refractivity contribution in [3.8, 4) is 11.8 Å². The van der Waals surface area contributed by atoms with Crippen LogP contribution in [0, 0.1) is 11.8 Å². The predicted octanol–water partition coefficient (Wildman–Crippen LogP) is 1.51. The molecule has 0 heterocycles. The Hall–Kier alpha value is -0.560. The van der Waals surface area contributed by atoms with Crippen molar-refractivity contribution in [2.75, 3.05) is 0 Å². The van der Waals surface area contributed by atoms with Crippen molar-refractivity contribution in [2.45, 2.75) is 52.8 Å². The normalized spacial score (nSPS) is 17.0. The Morgan fingerprint density at radius 1 is 1.23 bits per heavy atom. The Morgan fingerprint density at radius 2 is 1.85 bits per heavy atom. The van der Waals surface area contributed by atoms with Gasteiger partial charge < -0.3 is 14.6 Å². The van der Waals surface area contributed by atoms with Crippen molar-refractivity contribution in [1.82, 2.24) is 0 Å². The largest absolute Gasteiger partial charge is 0.368 e. The molecule has 3 atom stereocenters. The van der Waals surface area contributed by atoms with Crippen molar-refractivity contribution in [3.63, 3.8) is 0 Å². The highest BCUT2D eigenvalue weighted by Crippen LogP contribution is 2.04. The minimum atomic E-state index is -0.792. The van der Waals surface area contributed by atoms with E-state index in [4.69, 9.17) is 14.6 Å². The van der Waals surface area contributed by atoms with Gasteiger partial charge in [0.2, 0.25) is 0 Å². The molecule has 0 aromatic heterocycles. The van der Waals surface area contributed by atoms with Crippen molar-refractivity contribution in [3.05, 3.63) is 0 Å². The summed E-state index contributed by atoms with van der Waals surface area (Å²) in [5, 5.41) is 8.88. The Bertz CT molecular complexity index is 178. The average Bonchev–Trinajstić information content (AvgIpc) is 1.98. The van der Waals surface area contributed by atoms with Gasteiger partial charge in [-0.2, -0.15) is 0 Å². The third-order valence-electron chi connectivity index (χ3n) is 1.38. The van der Waals surface area contributed by atoms with E-state index in [1.165, 1.54) is 0 Å². The van der Waals surface area contributed by atoms with E-state index >= 15 is 0 Å². The Morgan fingerprint density at radius 3 is 2.31 bits per heavy atom. The summed E-state index contributed by atoms with van der Waals surface area (Å²) in [4.78, 5) is 0. The highest BCUT2D eigenvalue weighted by Gasteiger charge is 2.09. The highest BCUT2D eigenvalue weighted by molar-refractivity contribution is 4.96. The van der Waals surface area contributed by atoms with E-state index in [0.29, 0.717) is 6.42 Å². The fourth-order valence-electron chi connectivity index (χ4n) is 0.930. The van der Waals surface area contributed by atoms with Gasteiger partial charge in [0.15, 0.2) is 12.6 Å². The minimum Gasteiger partial charge on any atom is -0.368 e. The molecule has 0 saturated heterocycles. The van der Waals surface area contributed by atoms with Crippen LogP contribution in [-0.2, 0) is 9.47 Å². The molecule has 0 amide bonds. The van der Waals surface area contributed by atoms with Crippen LogP contribution in [0.3, 0.4) is 0 Å². The minimum absolute atomic E-state index is 0.0289. The topological polar surface area (TPSA) is 38.7 Å². The summed E-state index contributed by atoms with van der Waals surface area (Å²) >= 11 is 0. The van der Waals surface area contributed by atoms with E-state index in [-0.39, 0.29) is 6.10 Å². The zero-order valence-corrected chi connectivity index (χ0v) is 8.70. The lowest BCUT2D eigenvalue weighted by Crippen LogP contribution is -2.23. The second-order valence-corrected chi connectivity index (χ2v) is 2.88.